The number of amides is 2. The maximum absolute atomic E-state index is 12.1. The molecule has 2 N–H and O–H groups in total. The molecule has 0 aromatic carbocycles. The third-order valence-corrected chi connectivity index (χ3v) is 5.05. The molecule has 0 aromatic rings. The van der Waals surface area contributed by atoms with E-state index in [4.69, 9.17) is 5.11 Å². The maximum Gasteiger partial charge on any atom is 0.317 e. The molecule has 5 heteroatoms. The zero-order valence-electron chi connectivity index (χ0n) is 12.5. The molecule has 1 heterocycles. The third-order valence-electron chi connectivity index (χ3n) is 5.05. The first kappa shape index (κ1) is 15.1. The van der Waals surface area contributed by atoms with Crippen LogP contribution in [0.1, 0.15) is 46.0 Å². The first-order valence-corrected chi connectivity index (χ1v) is 7.67. The van der Waals surface area contributed by atoms with Gasteiger partial charge in [-0.1, -0.05) is 13.8 Å². The Kier molecular flexibility index (Phi) is 4.55. The number of nitrogens with one attached hydrogen (secondary N) is 1. The number of rotatable bonds is 6. The first-order chi connectivity index (χ1) is 9.43. The number of aliphatic carboxylic acids is 1. The van der Waals surface area contributed by atoms with Gasteiger partial charge in [0.15, 0.2) is 0 Å². The zero-order valence-corrected chi connectivity index (χ0v) is 12.5. The standard InChI is InChI=1S/C15H26N2O3/c1-11(2)15(6-7-15)10-16-14(20)17-8-5-12(9-17)3-4-13(18)19/h11-12H,3-10H2,1-2H3,(H,16,20)(H,18,19). The Balaban J connectivity index is 1.70. The highest BCUT2D eigenvalue weighted by Gasteiger charge is 2.45. The lowest BCUT2D eigenvalue weighted by Crippen LogP contribution is -2.41. The zero-order chi connectivity index (χ0) is 14.8. The number of carbonyl (C=O) groups excluding carboxylic acids is 1. The highest BCUT2D eigenvalue weighted by molar-refractivity contribution is 5.74. The smallest absolute Gasteiger partial charge is 0.317 e. The van der Waals surface area contributed by atoms with Crippen LogP contribution in [0.5, 0.6) is 0 Å². The van der Waals surface area contributed by atoms with E-state index < -0.39 is 5.97 Å². The number of carbonyl (C=O) groups is 2. The molecular formula is C15H26N2O3. The molecule has 2 fully saturated rings. The minimum absolute atomic E-state index is 0.0229. The van der Waals surface area contributed by atoms with Gasteiger partial charge in [0.2, 0.25) is 0 Å². The fourth-order valence-electron chi connectivity index (χ4n) is 3.06. The molecule has 1 saturated heterocycles. The Hall–Kier alpha value is -1.26. The minimum Gasteiger partial charge on any atom is -0.481 e. The van der Waals surface area contributed by atoms with Gasteiger partial charge in [-0.15, -0.1) is 0 Å². The van der Waals surface area contributed by atoms with Crippen molar-refractivity contribution in [2.24, 2.45) is 17.3 Å². The summed E-state index contributed by atoms with van der Waals surface area (Å²) in [6, 6.07) is 0.0229. The number of hydrogen-bond acceptors (Lipinski definition) is 2. The van der Waals surface area contributed by atoms with Gasteiger partial charge >= 0.3 is 12.0 Å². The Morgan fingerprint density at radius 3 is 2.65 bits per heavy atom. The summed E-state index contributed by atoms with van der Waals surface area (Å²) in [5, 5.41) is 11.8. The molecule has 0 aromatic heterocycles. The van der Waals surface area contributed by atoms with E-state index in [2.05, 4.69) is 19.2 Å². The quantitative estimate of drug-likeness (QED) is 0.785. The van der Waals surface area contributed by atoms with Gasteiger partial charge in [-0.05, 0) is 42.9 Å². The van der Waals surface area contributed by atoms with Crippen molar-refractivity contribution < 1.29 is 14.7 Å². The fourth-order valence-corrected chi connectivity index (χ4v) is 3.06. The molecule has 5 nitrogen and oxygen atoms in total. The average Bonchev–Trinajstić information content (AvgIpc) is 3.04. The lowest BCUT2D eigenvalue weighted by Gasteiger charge is -2.23. The lowest BCUT2D eigenvalue weighted by atomic mass is 9.92. The molecule has 1 saturated carbocycles. The van der Waals surface area contributed by atoms with Gasteiger partial charge in [-0.3, -0.25) is 4.79 Å². The molecule has 0 radical (unpaired) electrons. The Morgan fingerprint density at radius 1 is 1.40 bits per heavy atom. The van der Waals surface area contributed by atoms with Crippen LogP contribution in [0, 0.1) is 17.3 Å². The summed E-state index contributed by atoms with van der Waals surface area (Å²) in [5.74, 6) is 0.210. The maximum atomic E-state index is 12.1. The Bertz CT molecular complexity index is 377. The van der Waals surface area contributed by atoms with Crippen molar-refractivity contribution in [1.82, 2.24) is 10.2 Å². The molecule has 2 aliphatic rings. The molecule has 0 bridgehead atoms. The van der Waals surface area contributed by atoms with Crippen LogP contribution in [0.25, 0.3) is 0 Å². The topological polar surface area (TPSA) is 69.6 Å². The number of likely N-dealkylation sites (tertiary alicyclic amines) is 1. The van der Waals surface area contributed by atoms with E-state index in [9.17, 15) is 9.59 Å². The first-order valence-electron chi connectivity index (χ1n) is 7.67. The van der Waals surface area contributed by atoms with Gasteiger partial charge in [0.1, 0.15) is 0 Å². The van der Waals surface area contributed by atoms with E-state index in [0.29, 0.717) is 30.2 Å². The van der Waals surface area contributed by atoms with E-state index in [1.807, 2.05) is 4.90 Å². The van der Waals surface area contributed by atoms with Gasteiger partial charge in [-0.2, -0.15) is 0 Å². The van der Waals surface area contributed by atoms with Gasteiger partial charge < -0.3 is 15.3 Å². The van der Waals surface area contributed by atoms with Crippen molar-refractivity contribution in [2.75, 3.05) is 19.6 Å². The van der Waals surface area contributed by atoms with Crippen LogP contribution in [0.15, 0.2) is 0 Å². The van der Waals surface area contributed by atoms with Crippen LogP contribution in [0.2, 0.25) is 0 Å². The molecule has 114 valence electrons. The van der Waals surface area contributed by atoms with Crippen molar-refractivity contribution in [3.8, 4) is 0 Å². The molecule has 1 atom stereocenters. The molecule has 2 rings (SSSR count). The molecule has 1 aliphatic carbocycles. The van der Waals surface area contributed by atoms with Crippen molar-refractivity contribution in [1.29, 1.82) is 0 Å². The second kappa shape index (κ2) is 6.02. The van der Waals surface area contributed by atoms with E-state index >= 15 is 0 Å². The van der Waals surface area contributed by atoms with Crippen molar-refractivity contribution in [2.45, 2.75) is 46.0 Å². The molecular weight excluding hydrogens is 256 g/mol. The van der Waals surface area contributed by atoms with Crippen LogP contribution in [-0.4, -0.2) is 41.6 Å². The second-order valence-corrected chi connectivity index (χ2v) is 6.71. The van der Waals surface area contributed by atoms with Crippen molar-refractivity contribution in [3.05, 3.63) is 0 Å². The van der Waals surface area contributed by atoms with Crippen molar-refractivity contribution in [3.63, 3.8) is 0 Å². The predicted molar refractivity (Wildman–Crippen MR) is 76.5 cm³/mol. The lowest BCUT2D eigenvalue weighted by molar-refractivity contribution is -0.137. The number of urea groups is 1. The number of carboxylic acid groups (broad SMARTS) is 1. The van der Waals surface area contributed by atoms with Gasteiger partial charge in [-0.25, -0.2) is 4.79 Å². The molecule has 20 heavy (non-hydrogen) atoms. The van der Waals surface area contributed by atoms with Gasteiger partial charge in [0.05, 0.1) is 0 Å². The number of hydrogen-bond donors (Lipinski definition) is 2. The van der Waals surface area contributed by atoms with Crippen LogP contribution in [0.4, 0.5) is 4.79 Å². The van der Waals surface area contributed by atoms with Crippen LogP contribution in [-0.2, 0) is 4.79 Å². The highest BCUT2D eigenvalue weighted by atomic mass is 16.4. The summed E-state index contributed by atoms with van der Waals surface area (Å²) in [5.41, 5.74) is 0.331. The molecule has 0 spiro atoms. The van der Waals surface area contributed by atoms with E-state index in [1.165, 1.54) is 12.8 Å². The van der Waals surface area contributed by atoms with E-state index in [1.54, 1.807) is 0 Å². The normalized spacial score (nSPS) is 23.9. The highest BCUT2D eigenvalue weighted by Crippen LogP contribution is 2.51. The summed E-state index contributed by atoms with van der Waals surface area (Å²) in [7, 11) is 0. The Labute approximate surface area is 120 Å². The average molecular weight is 282 g/mol. The van der Waals surface area contributed by atoms with E-state index in [-0.39, 0.29) is 12.5 Å². The van der Waals surface area contributed by atoms with Crippen LogP contribution in [0.3, 0.4) is 0 Å². The van der Waals surface area contributed by atoms with Gasteiger partial charge in [0, 0.05) is 26.1 Å². The fraction of sp³-hybridized carbons (Fsp3) is 0.867. The monoisotopic (exact) mass is 282 g/mol. The van der Waals surface area contributed by atoms with Crippen molar-refractivity contribution >= 4 is 12.0 Å². The summed E-state index contributed by atoms with van der Waals surface area (Å²) in [6.07, 6.45) is 4.24. The largest absolute Gasteiger partial charge is 0.481 e. The second-order valence-electron chi connectivity index (χ2n) is 6.71. The van der Waals surface area contributed by atoms with E-state index in [0.717, 1.165) is 19.5 Å². The number of carboxylic acids is 1. The minimum atomic E-state index is -0.750. The van der Waals surface area contributed by atoms with Crippen LogP contribution < -0.4 is 5.32 Å². The summed E-state index contributed by atoms with van der Waals surface area (Å²) < 4.78 is 0. The third kappa shape index (κ3) is 3.64. The summed E-state index contributed by atoms with van der Waals surface area (Å²) in [4.78, 5) is 24.5. The molecule has 1 aliphatic heterocycles. The predicted octanol–water partition coefficient (Wildman–Crippen LogP) is 2.32. The Morgan fingerprint density at radius 2 is 2.10 bits per heavy atom. The molecule has 2 amide bonds. The number of nitrogens with zero attached hydrogens (tertiary/aromatic N) is 1. The SMILES string of the molecule is CC(C)C1(CNC(=O)N2CCC(CCC(=O)O)C2)CC1. The molecule has 1 unspecified atom stereocenters. The summed E-state index contributed by atoms with van der Waals surface area (Å²) >= 11 is 0. The van der Waals surface area contributed by atoms with Crippen LogP contribution >= 0.6 is 0 Å². The van der Waals surface area contributed by atoms with Gasteiger partial charge in [0.25, 0.3) is 0 Å². The summed E-state index contributed by atoms with van der Waals surface area (Å²) in [6.45, 7) is 6.67.